The van der Waals surface area contributed by atoms with Crippen molar-refractivity contribution in [3.8, 4) is 0 Å². The number of nitro groups is 1. The van der Waals surface area contributed by atoms with Gasteiger partial charge in [-0.15, -0.1) is 0 Å². The molecule has 0 saturated carbocycles. The predicted octanol–water partition coefficient (Wildman–Crippen LogP) is 3.61. The molecule has 1 atom stereocenters. The molecule has 1 N–H and O–H groups in total. The number of halogens is 5. The summed E-state index contributed by atoms with van der Waals surface area (Å²) < 4.78 is 80.4. The average molecular weight is 472 g/mol. The van der Waals surface area contributed by atoms with Gasteiger partial charge in [0.1, 0.15) is 6.04 Å². The quantitative estimate of drug-likeness (QED) is 0.393. The second-order valence-electron chi connectivity index (χ2n) is 5.30. The number of nitro benzene ring substituents is 1. The molecule has 146 valence electrons. The molecule has 1 aromatic carbocycles. The van der Waals surface area contributed by atoms with E-state index >= 15 is 0 Å². The highest BCUT2D eigenvalue weighted by atomic mass is 79.9. The molecule has 7 nitrogen and oxygen atoms in total. The number of hydrogen-bond acceptors (Lipinski definition) is 5. The van der Waals surface area contributed by atoms with E-state index < -0.39 is 50.0 Å². The van der Waals surface area contributed by atoms with Crippen LogP contribution in [0.4, 0.5) is 23.2 Å². The second-order valence-corrected chi connectivity index (χ2v) is 7.97. The molecular formula is C14H10BrF4N3O4S. The minimum Gasteiger partial charge on any atom is -0.263 e. The first-order valence-corrected chi connectivity index (χ1v) is 9.44. The Kier molecular flexibility index (Phi) is 6.17. The van der Waals surface area contributed by atoms with Gasteiger partial charge in [-0.1, -0.05) is 12.1 Å². The highest BCUT2D eigenvalue weighted by Gasteiger charge is 2.45. The highest BCUT2D eigenvalue weighted by molar-refractivity contribution is 9.10. The van der Waals surface area contributed by atoms with Crippen LogP contribution in [-0.4, -0.2) is 24.5 Å². The van der Waals surface area contributed by atoms with Crippen molar-refractivity contribution in [3.05, 3.63) is 68.2 Å². The van der Waals surface area contributed by atoms with Crippen LogP contribution in [0.25, 0.3) is 0 Å². The third-order valence-electron chi connectivity index (χ3n) is 3.26. The van der Waals surface area contributed by atoms with Crippen LogP contribution >= 0.6 is 15.9 Å². The third-order valence-corrected chi connectivity index (χ3v) is 5.00. The monoisotopic (exact) mass is 471 g/mol. The van der Waals surface area contributed by atoms with Crippen molar-refractivity contribution < 1.29 is 30.9 Å². The number of rotatable bonds is 6. The standard InChI is InChI=1S/C14H10BrF4N3O4S/c15-9-4-8(5-20-6-9)7-27(25,26)21-13(14(17,18)19)10-2-1-3-11(12(10)16)22(23)24/h1-6,13,21H,7H2. The summed E-state index contributed by atoms with van der Waals surface area (Å²) in [7, 11) is -4.60. The topological polar surface area (TPSA) is 102 Å². The van der Waals surface area contributed by atoms with Crippen molar-refractivity contribution in [1.29, 1.82) is 0 Å². The molecule has 0 fully saturated rings. The molecule has 0 amide bonds. The summed E-state index contributed by atoms with van der Waals surface area (Å²) in [6, 6.07) is 0.477. The van der Waals surface area contributed by atoms with E-state index in [-0.39, 0.29) is 5.56 Å². The Morgan fingerprint density at radius 2 is 1.96 bits per heavy atom. The molecule has 27 heavy (non-hydrogen) atoms. The van der Waals surface area contributed by atoms with Gasteiger partial charge in [0, 0.05) is 28.5 Å². The number of nitrogens with one attached hydrogen (secondary N) is 1. The van der Waals surface area contributed by atoms with E-state index in [0.717, 1.165) is 12.3 Å². The van der Waals surface area contributed by atoms with Gasteiger partial charge in [0.2, 0.25) is 15.8 Å². The summed E-state index contributed by atoms with van der Waals surface area (Å²) in [5.74, 6) is -2.63. The second kappa shape index (κ2) is 7.86. The van der Waals surface area contributed by atoms with Crippen LogP contribution in [0, 0.1) is 15.9 Å². The maximum absolute atomic E-state index is 14.2. The number of hydrogen-bond donors (Lipinski definition) is 1. The van der Waals surface area contributed by atoms with E-state index in [0.29, 0.717) is 16.6 Å². The molecule has 0 saturated heterocycles. The fourth-order valence-corrected chi connectivity index (χ4v) is 3.90. The zero-order valence-electron chi connectivity index (χ0n) is 13.1. The number of aromatic nitrogens is 1. The summed E-state index contributed by atoms with van der Waals surface area (Å²) in [6.07, 6.45) is -2.75. The van der Waals surface area contributed by atoms with Crippen molar-refractivity contribution in [3.63, 3.8) is 0 Å². The zero-order chi connectivity index (χ0) is 20.4. The lowest BCUT2D eigenvalue weighted by Gasteiger charge is -2.22. The molecule has 0 radical (unpaired) electrons. The van der Waals surface area contributed by atoms with Gasteiger partial charge in [-0.3, -0.25) is 15.1 Å². The summed E-state index contributed by atoms with van der Waals surface area (Å²) in [4.78, 5) is 13.2. The van der Waals surface area contributed by atoms with E-state index in [1.807, 2.05) is 0 Å². The van der Waals surface area contributed by atoms with Gasteiger partial charge in [0.05, 0.1) is 10.7 Å². The predicted molar refractivity (Wildman–Crippen MR) is 89.5 cm³/mol. The molecule has 0 bridgehead atoms. The van der Waals surface area contributed by atoms with Gasteiger partial charge in [-0.25, -0.2) is 8.42 Å². The van der Waals surface area contributed by atoms with Crippen molar-refractivity contribution in [1.82, 2.24) is 9.71 Å². The average Bonchev–Trinajstić information content (AvgIpc) is 2.51. The molecule has 0 spiro atoms. The smallest absolute Gasteiger partial charge is 0.263 e. The lowest BCUT2D eigenvalue weighted by atomic mass is 10.1. The van der Waals surface area contributed by atoms with E-state index in [2.05, 4.69) is 20.9 Å². The van der Waals surface area contributed by atoms with E-state index in [4.69, 9.17) is 0 Å². The Balaban J connectivity index is 2.41. The minimum absolute atomic E-state index is 0.0808. The Morgan fingerprint density at radius 1 is 1.30 bits per heavy atom. The maximum atomic E-state index is 14.2. The van der Waals surface area contributed by atoms with Gasteiger partial charge in [-0.05, 0) is 27.6 Å². The molecule has 1 aromatic heterocycles. The Bertz CT molecular complexity index is 969. The fourth-order valence-electron chi connectivity index (χ4n) is 2.18. The normalized spacial score (nSPS) is 13.4. The van der Waals surface area contributed by atoms with Crippen LogP contribution < -0.4 is 4.72 Å². The number of sulfonamides is 1. The highest BCUT2D eigenvalue weighted by Crippen LogP contribution is 2.37. The van der Waals surface area contributed by atoms with Crippen LogP contribution in [0.2, 0.25) is 0 Å². The summed E-state index contributed by atoms with van der Waals surface area (Å²) in [6.45, 7) is 0. The van der Waals surface area contributed by atoms with Gasteiger partial charge in [0.25, 0.3) is 0 Å². The number of pyridine rings is 1. The van der Waals surface area contributed by atoms with E-state index in [9.17, 15) is 36.1 Å². The van der Waals surface area contributed by atoms with Gasteiger partial charge < -0.3 is 0 Å². The van der Waals surface area contributed by atoms with Crippen molar-refractivity contribution in [2.24, 2.45) is 0 Å². The Morgan fingerprint density at radius 3 is 2.52 bits per heavy atom. The van der Waals surface area contributed by atoms with Gasteiger partial charge >= 0.3 is 11.9 Å². The Labute approximate surface area is 158 Å². The fraction of sp³-hybridized carbons (Fsp3) is 0.214. The molecule has 0 aliphatic carbocycles. The molecule has 2 rings (SSSR count). The molecular weight excluding hydrogens is 462 g/mol. The molecule has 1 heterocycles. The number of nitrogens with zero attached hydrogens (tertiary/aromatic N) is 2. The summed E-state index contributed by atoms with van der Waals surface area (Å²) in [5.41, 5.74) is -2.32. The van der Waals surface area contributed by atoms with E-state index in [1.54, 1.807) is 0 Å². The minimum atomic E-state index is -5.24. The van der Waals surface area contributed by atoms with Crippen LogP contribution in [-0.2, 0) is 15.8 Å². The van der Waals surface area contributed by atoms with Crippen LogP contribution in [0.5, 0.6) is 0 Å². The van der Waals surface area contributed by atoms with Crippen molar-refractivity contribution in [2.75, 3.05) is 0 Å². The molecule has 1 unspecified atom stereocenters. The largest absolute Gasteiger partial charge is 0.408 e. The molecule has 0 aliphatic rings. The van der Waals surface area contributed by atoms with Crippen molar-refractivity contribution in [2.45, 2.75) is 18.0 Å². The van der Waals surface area contributed by atoms with E-state index in [1.165, 1.54) is 17.0 Å². The van der Waals surface area contributed by atoms with Crippen LogP contribution in [0.1, 0.15) is 17.2 Å². The van der Waals surface area contributed by atoms with Crippen LogP contribution in [0.3, 0.4) is 0 Å². The first-order valence-electron chi connectivity index (χ1n) is 6.99. The lowest BCUT2D eigenvalue weighted by Crippen LogP contribution is -2.39. The summed E-state index contributed by atoms with van der Waals surface area (Å²) in [5, 5.41) is 10.7. The number of alkyl halides is 3. The first-order chi connectivity index (χ1) is 12.4. The molecule has 2 aromatic rings. The Hall–Kier alpha value is -2.12. The summed E-state index contributed by atoms with van der Waals surface area (Å²) >= 11 is 3.05. The van der Waals surface area contributed by atoms with Gasteiger partial charge in [0.15, 0.2) is 0 Å². The maximum Gasteiger partial charge on any atom is 0.408 e. The lowest BCUT2D eigenvalue weighted by molar-refractivity contribution is -0.387. The molecule has 0 aliphatic heterocycles. The third kappa shape index (κ3) is 5.43. The van der Waals surface area contributed by atoms with Gasteiger partial charge in [-0.2, -0.15) is 22.3 Å². The number of benzene rings is 1. The first kappa shape index (κ1) is 21.2. The van der Waals surface area contributed by atoms with Crippen LogP contribution in [0.15, 0.2) is 41.1 Å². The molecule has 13 heteroatoms. The SMILES string of the molecule is O=[N+]([O-])c1cccc(C(NS(=O)(=O)Cc2cncc(Br)c2)C(F)(F)F)c1F. The zero-order valence-corrected chi connectivity index (χ0v) is 15.5. The van der Waals surface area contributed by atoms with Crippen molar-refractivity contribution >= 4 is 31.6 Å².